The van der Waals surface area contributed by atoms with E-state index in [1.165, 1.54) is 0 Å². The van der Waals surface area contributed by atoms with E-state index >= 15 is 0 Å². The highest BCUT2D eigenvalue weighted by atomic mass is 16.6. The molecule has 3 rings (SSSR count). The van der Waals surface area contributed by atoms with Gasteiger partial charge in [-0.05, 0) is 42.8 Å². The molecule has 1 N–H and O–H groups in total. The van der Waals surface area contributed by atoms with Crippen molar-refractivity contribution in [1.29, 1.82) is 0 Å². The van der Waals surface area contributed by atoms with E-state index in [1.54, 1.807) is 17.3 Å². The molecule has 5 heteroatoms. The van der Waals surface area contributed by atoms with Gasteiger partial charge in [-0.2, -0.15) is 0 Å². The SMILES string of the molecule is CC(Nc1cccc(N2CCOC2=O)c1)c1ccncc1. The number of rotatable bonds is 4. The molecular formula is C16H17N3O2. The molecule has 0 aliphatic carbocycles. The van der Waals surface area contributed by atoms with Gasteiger partial charge in [0.2, 0.25) is 0 Å². The van der Waals surface area contributed by atoms with Crippen molar-refractivity contribution in [3.63, 3.8) is 0 Å². The highest BCUT2D eigenvalue weighted by Gasteiger charge is 2.23. The first-order valence-electron chi connectivity index (χ1n) is 6.95. The second kappa shape index (κ2) is 5.83. The largest absolute Gasteiger partial charge is 0.447 e. The molecule has 0 saturated carbocycles. The fourth-order valence-corrected chi connectivity index (χ4v) is 2.38. The van der Waals surface area contributed by atoms with Crippen LogP contribution >= 0.6 is 0 Å². The van der Waals surface area contributed by atoms with E-state index in [2.05, 4.69) is 17.2 Å². The molecule has 5 nitrogen and oxygen atoms in total. The van der Waals surface area contributed by atoms with Crippen molar-refractivity contribution in [2.75, 3.05) is 23.4 Å². The van der Waals surface area contributed by atoms with E-state index in [0.29, 0.717) is 13.2 Å². The summed E-state index contributed by atoms with van der Waals surface area (Å²) in [5.41, 5.74) is 2.98. The monoisotopic (exact) mass is 283 g/mol. The number of carbonyl (C=O) groups excluding carboxylic acids is 1. The average Bonchev–Trinajstić information content (AvgIpc) is 2.94. The average molecular weight is 283 g/mol. The molecule has 21 heavy (non-hydrogen) atoms. The van der Waals surface area contributed by atoms with E-state index < -0.39 is 0 Å². The minimum atomic E-state index is -0.283. The van der Waals surface area contributed by atoms with Gasteiger partial charge in [0.25, 0.3) is 0 Å². The van der Waals surface area contributed by atoms with Crippen LogP contribution in [0.15, 0.2) is 48.8 Å². The number of hydrogen-bond acceptors (Lipinski definition) is 4. The zero-order valence-corrected chi connectivity index (χ0v) is 11.8. The summed E-state index contributed by atoms with van der Waals surface area (Å²) in [7, 11) is 0. The van der Waals surface area contributed by atoms with Crippen molar-refractivity contribution in [2.45, 2.75) is 13.0 Å². The topological polar surface area (TPSA) is 54.5 Å². The minimum Gasteiger partial charge on any atom is -0.447 e. The number of pyridine rings is 1. The van der Waals surface area contributed by atoms with E-state index in [9.17, 15) is 4.79 Å². The summed E-state index contributed by atoms with van der Waals surface area (Å²) in [6, 6.07) is 11.9. The molecule has 1 saturated heterocycles. The molecule has 0 radical (unpaired) electrons. The molecule has 0 spiro atoms. The fourth-order valence-electron chi connectivity index (χ4n) is 2.38. The van der Waals surface area contributed by atoms with E-state index in [4.69, 9.17) is 4.74 Å². The molecule has 1 atom stereocenters. The summed E-state index contributed by atoms with van der Waals surface area (Å²) >= 11 is 0. The van der Waals surface area contributed by atoms with Crippen molar-refractivity contribution in [1.82, 2.24) is 4.98 Å². The Balaban J connectivity index is 1.76. The standard InChI is InChI=1S/C16H17N3O2/c1-12(13-5-7-17-8-6-13)18-14-3-2-4-15(11-14)19-9-10-21-16(19)20/h2-8,11-12,18H,9-10H2,1H3. The predicted octanol–water partition coefficient (Wildman–Crippen LogP) is 3.21. The number of aromatic nitrogens is 1. The highest BCUT2D eigenvalue weighted by molar-refractivity contribution is 5.89. The third-order valence-electron chi connectivity index (χ3n) is 3.51. The van der Waals surface area contributed by atoms with Crippen LogP contribution in [0.3, 0.4) is 0 Å². The molecule has 2 heterocycles. The van der Waals surface area contributed by atoms with Crippen LogP contribution in [0.5, 0.6) is 0 Å². The maximum absolute atomic E-state index is 11.6. The molecule has 1 fully saturated rings. The van der Waals surface area contributed by atoms with Crippen molar-refractivity contribution < 1.29 is 9.53 Å². The Morgan fingerprint density at radius 3 is 2.81 bits per heavy atom. The lowest BCUT2D eigenvalue weighted by atomic mass is 10.1. The molecule has 1 aliphatic heterocycles. The number of ether oxygens (including phenoxy) is 1. The number of amides is 1. The smallest absolute Gasteiger partial charge is 0.414 e. The zero-order chi connectivity index (χ0) is 14.7. The number of carbonyl (C=O) groups is 1. The maximum atomic E-state index is 11.6. The maximum Gasteiger partial charge on any atom is 0.414 e. The summed E-state index contributed by atoms with van der Waals surface area (Å²) in [6.45, 7) is 3.14. The quantitative estimate of drug-likeness (QED) is 0.936. The summed E-state index contributed by atoms with van der Waals surface area (Å²) in [6.07, 6.45) is 3.28. The Labute approximate surface area is 123 Å². The molecule has 1 amide bonds. The summed E-state index contributed by atoms with van der Waals surface area (Å²) in [5.74, 6) is 0. The zero-order valence-electron chi connectivity index (χ0n) is 11.8. The van der Waals surface area contributed by atoms with Crippen LogP contribution in [0, 0.1) is 0 Å². The van der Waals surface area contributed by atoms with Crippen molar-refractivity contribution >= 4 is 17.5 Å². The van der Waals surface area contributed by atoms with Crippen LogP contribution in [0.2, 0.25) is 0 Å². The molecule has 1 aromatic carbocycles. The lowest BCUT2D eigenvalue weighted by Crippen LogP contribution is -2.23. The van der Waals surface area contributed by atoms with E-state index in [1.807, 2.05) is 36.4 Å². The first-order valence-corrected chi connectivity index (χ1v) is 6.95. The van der Waals surface area contributed by atoms with Gasteiger partial charge in [-0.15, -0.1) is 0 Å². The Morgan fingerprint density at radius 1 is 1.29 bits per heavy atom. The van der Waals surface area contributed by atoms with Gasteiger partial charge in [0.15, 0.2) is 0 Å². The van der Waals surface area contributed by atoms with Crippen molar-refractivity contribution in [2.24, 2.45) is 0 Å². The fraction of sp³-hybridized carbons (Fsp3) is 0.250. The lowest BCUT2D eigenvalue weighted by Gasteiger charge is -2.18. The molecule has 0 bridgehead atoms. The molecule has 108 valence electrons. The second-order valence-electron chi connectivity index (χ2n) is 4.96. The normalized spacial score (nSPS) is 15.7. The first-order chi connectivity index (χ1) is 10.2. The van der Waals surface area contributed by atoms with Gasteiger partial charge in [-0.1, -0.05) is 6.07 Å². The first kappa shape index (κ1) is 13.4. The van der Waals surface area contributed by atoms with Crippen LogP contribution in [-0.2, 0) is 4.74 Å². The summed E-state index contributed by atoms with van der Waals surface area (Å²) < 4.78 is 4.97. The highest BCUT2D eigenvalue weighted by Crippen LogP contribution is 2.25. The van der Waals surface area contributed by atoms with Gasteiger partial charge in [0.05, 0.1) is 6.54 Å². The van der Waals surface area contributed by atoms with Gasteiger partial charge in [-0.3, -0.25) is 9.88 Å². The number of anilines is 2. The summed E-state index contributed by atoms with van der Waals surface area (Å²) in [4.78, 5) is 17.3. The number of cyclic esters (lactones) is 1. The Bertz CT molecular complexity index is 630. The van der Waals surface area contributed by atoms with Gasteiger partial charge in [0.1, 0.15) is 6.61 Å². The summed E-state index contributed by atoms with van der Waals surface area (Å²) in [5, 5.41) is 3.43. The van der Waals surface area contributed by atoms with Gasteiger partial charge >= 0.3 is 6.09 Å². The van der Waals surface area contributed by atoms with E-state index in [0.717, 1.165) is 16.9 Å². The van der Waals surface area contributed by atoms with Crippen LogP contribution in [-0.4, -0.2) is 24.2 Å². The molecule has 1 aromatic heterocycles. The third-order valence-corrected chi connectivity index (χ3v) is 3.51. The number of benzene rings is 1. The van der Waals surface area contributed by atoms with Gasteiger partial charge in [0, 0.05) is 29.8 Å². The Morgan fingerprint density at radius 2 is 2.10 bits per heavy atom. The van der Waals surface area contributed by atoms with Crippen LogP contribution < -0.4 is 10.2 Å². The van der Waals surface area contributed by atoms with Crippen LogP contribution in [0.25, 0.3) is 0 Å². The van der Waals surface area contributed by atoms with Gasteiger partial charge in [-0.25, -0.2) is 4.79 Å². The molecule has 1 unspecified atom stereocenters. The minimum absolute atomic E-state index is 0.161. The van der Waals surface area contributed by atoms with Gasteiger partial charge < -0.3 is 10.1 Å². The van der Waals surface area contributed by atoms with Crippen molar-refractivity contribution in [3.05, 3.63) is 54.4 Å². The second-order valence-corrected chi connectivity index (χ2v) is 4.96. The van der Waals surface area contributed by atoms with E-state index in [-0.39, 0.29) is 12.1 Å². The number of nitrogens with zero attached hydrogens (tertiary/aromatic N) is 2. The molecule has 2 aromatic rings. The Kier molecular flexibility index (Phi) is 3.73. The third kappa shape index (κ3) is 2.97. The number of nitrogens with one attached hydrogen (secondary N) is 1. The number of hydrogen-bond donors (Lipinski definition) is 1. The van der Waals surface area contributed by atoms with Crippen LogP contribution in [0.1, 0.15) is 18.5 Å². The van der Waals surface area contributed by atoms with Crippen molar-refractivity contribution in [3.8, 4) is 0 Å². The Hall–Kier alpha value is -2.56. The predicted molar refractivity (Wildman–Crippen MR) is 81.4 cm³/mol. The molecule has 1 aliphatic rings. The molecular weight excluding hydrogens is 266 g/mol. The lowest BCUT2D eigenvalue weighted by molar-refractivity contribution is 0.181. The van der Waals surface area contributed by atoms with Crippen LogP contribution in [0.4, 0.5) is 16.2 Å².